The minimum atomic E-state index is 1.22. The molecule has 0 saturated carbocycles. The van der Waals surface area contributed by atoms with Crippen molar-refractivity contribution in [1.82, 2.24) is 0 Å². The van der Waals surface area contributed by atoms with Crippen LogP contribution in [0.4, 0.5) is 0 Å². The van der Waals surface area contributed by atoms with Crippen LogP contribution in [0.2, 0.25) is 0 Å². The van der Waals surface area contributed by atoms with E-state index in [2.05, 4.69) is 206 Å². The van der Waals surface area contributed by atoms with Crippen LogP contribution in [-0.2, 0) is 0 Å². The van der Waals surface area contributed by atoms with E-state index in [9.17, 15) is 0 Å². The third-order valence-corrected chi connectivity index (χ3v) is 14.9. The maximum atomic E-state index is 2.47. The Hall–Kier alpha value is -7.10. The lowest BCUT2D eigenvalue weighted by Gasteiger charge is -2.20. The molecule has 278 valence electrons. The second-order valence-electron chi connectivity index (χ2n) is 15.9. The summed E-state index contributed by atoms with van der Waals surface area (Å²) in [6, 6.07) is 76.8. The van der Waals surface area contributed by atoms with Crippen molar-refractivity contribution in [3.05, 3.63) is 206 Å². The number of hydrogen-bond donors (Lipinski definition) is 0. The molecular formula is C58H34S2. The van der Waals surface area contributed by atoms with E-state index < -0.39 is 0 Å². The van der Waals surface area contributed by atoms with Crippen molar-refractivity contribution in [2.45, 2.75) is 0 Å². The molecule has 0 aliphatic carbocycles. The maximum absolute atomic E-state index is 2.47. The van der Waals surface area contributed by atoms with Crippen LogP contribution in [0.15, 0.2) is 206 Å². The summed E-state index contributed by atoms with van der Waals surface area (Å²) in [5, 5.41) is 15.6. The van der Waals surface area contributed by atoms with Gasteiger partial charge in [-0.3, -0.25) is 0 Å². The van der Waals surface area contributed by atoms with Crippen molar-refractivity contribution in [3.8, 4) is 44.5 Å². The highest BCUT2D eigenvalue weighted by atomic mass is 32.1. The lowest BCUT2D eigenvalue weighted by atomic mass is 9.83. The molecule has 0 nitrogen and oxygen atoms in total. The van der Waals surface area contributed by atoms with Crippen LogP contribution in [0.3, 0.4) is 0 Å². The Bertz CT molecular complexity index is 3830. The standard InChI is InChI=1S/C58H34S2/c1-2-15-35(16-3-1)36-17-14-18-37(31-36)56-44-24-8-10-26-46(44)57(47-27-11-9-25-45(47)56)48-30-29-41(38-19-4-5-20-39(38)48)49-33-55-58(43-23-7-6-21-40(43)49)51-32-50-42-22-12-13-28-52(42)59-53(50)34-54(51)60-55/h1-34H. The lowest BCUT2D eigenvalue weighted by molar-refractivity contribution is 1.61. The van der Waals surface area contributed by atoms with Gasteiger partial charge in [-0.2, -0.15) is 0 Å². The molecule has 2 aromatic heterocycles. The van der Waals surface area contributed by atoms with Gasteiger partial charge in [0, 0.05) is 40.3 Å². The summed E-state index contributed by atoms with van der Waals surface area (Å²) in [6.45, 7) is 0. The van der Waals surface area contributed by atoms with E-state index in [4.69, 9.17) is 0 Å². The largest absolute Gasteiger partial charge is 0.135 e. The van der Waals surface area contributed by atoms with E-state index in [0.29, 0.717) is 0 Å². The van der Waals surface area contributed by atoms with E-state index >= 15 is 0 Å². The van der Waals surface area contributed by atoms with Crippen molar-refractivity contribution in [3.63, 3.8) is 0 Å². The van der Waals surface area contributed by atoms with Gasteiger partial charge in [-0.15, -0.1) is 22.7 Å². The first-order valence-electron chi connectivity index (χ1n) is 20.6. The van der Waals surface area contributed by atoms with Crippen LogP contribution in [0.5, 0.6) is 0 Å². The smallest absolute Gasteiger partial charge is 0.0370 e. The molecule has 0 amide bonds. The van der Waals surface area contributed by atoms with Gasteiger partial charge in [-0.05, 0) is 118 Å². The zero-order chi connectivity index (χ0) is 39.3. The molecule has 0 spiro atoms. The first-order valence-corrected chi connectivity index (χ1v) is 22.2. The quantitative estimate of drug-likeness (QED) is 0.156. The summed E-state index contributed by atoms with van der Waals surface area (Å²) < 4.78 is 5.39. The molecule has 0 saturated heterocycles. The van der Waals surface area contributed by atoms with E-state index in [-0.39, 0.29) is 0 Å². The molecule has 11 aromatic carbocycles. The number of benzene rings is 11. The molecule has 0 N–H and O–H groups in total. The molecule has 60 heavy (non-hydrogen) atoms. The normalized spacial score (nSPS) is 12.0. The molecule has 0 bridgehead atoms. The molecule has 2 heteroatoms. The third-order valence-electron chi connectivity index (χ3n) is 12.7. The summed E-state index contributed by atoms with van der Waals surface area (Å²) in [6.07, 6.45) is 0. The summed E-state index contributed by atoms with van der Waals surface area (Å²) in [5.74, 6) is 0. The molecule has 13 aromatic rings. The Morgan fingerprint density at radius 3 is 1.43 bits per heavy atom. The van der Waals surface area contributed by atoms with Crippen molar-refractivity contribution in [1.29, 1.82) is 0 Å². The number of fused-ring (bicyclic) bond motifs is 11. The Morgan fingerprint density at radius 1 is 0.217 bits per heavy atom. The second-order valence-corrected chi connectivity index (χ2v) is 18.0. The van der Waals surface area contributed by atoms with E-state index in [1.165, 1.54) is 128 Å². The molecule has 0 atom stereocenters. The highest BCUT2D eigenvalue weighted by Crippen LogP contribution is 2.50. The summed E-state index contributed by atoms with van der Waals surface area (Å²) in [4.78, 5) is 0. The number of hydrogen-bond acceptors (Lipinski definition) is 2. The van der Waals surface area contributed by atoms with Gasteiger partial charge < -0.3 is 0 Å². The second kappa shape index (κ2) is 13.2. The van der Waals surface area contributed by atoms with Crippen LogP contribution in [0, 0.1) is 0 Å². The maximum Gasteiger partial charge on any atom is 0.0370 e. The van der Waals surface area contributed by atoms with Crippen molar-refractivity contribution >= 4 is 106 Å². The van der Waals surface area contributed by atoms with Gasteiger partial charge in [0.25, 0.3) is 0 Å². The van der Waals surface area contributed by atoms with Crippen LogP contribution < -0.4 is 0 Å². The molecule has 2 heterocycles. The summed E-state index contributed by atoms with van der Waals surface area (Å²) in [7, 11) is 0. The van der Waals surface area contributed by atoms with Crippen LogP contribution >= 0.6 is 22.7 Å². The fourth-order valence-electron chi connectivity index (χ4n) is 10.0. The molecule has 0 unspecified atom stereocenters. The summed E-state index contributed by atoms with van der Waals surface area (Å²) in [5.41, 5.74) is 10.0. The Labute approximate surface area is 354 Å². The zero-order valence-electron chi connectivity index (χ0n) is 32.4. The van der Waals surface area contributed by atoms with Crippen LogP contribution in [0.25, 0.3) is 128 Å². The van der Waals surface area contributed by atoms with Crippen molar-refractivity contribution < 1.29 is 0 Å². The van der Waals surface area contributed by atoms with Crippen LogP contribution in [-0.4, -0.2) is 0 Å². The highest BCUT2D eigenvalue weighted by molar-refractivity contribution is 7.28. The minimum Gasteiger partial charge on any atom is -0.135 e. The van der Waals surface area contributed by atoms with Gasteiger partial charge in [-0.1, -0.05) is 176 Å². The van der Waals surface area contributed by atoms with E-state index in [1.54, 1.807) is 0 Å². The molecule has 0 aliphatic heterocycles. The average Bonchev–Trinajstić information content (AvgIpc) is 3.87. The minimum absolute atomic E-state index is 1.22. The highest BCUT2D eigenvalue weighted by Gasteiger charge is 2.21. The summed E-state index contributed by atoms with van der Waals surface area (Å²) >= 11 is 3.82. The predicted molar refractivity (Wildman–Crippen MR) is 264 cm³/mol. The topological polar surface area (TPSA) is 0 Å². The lowest BCUT2D eigenvalue weighted by Crippen LogP contribution is -1.93. The first kappa shape index (κ1) is 33.8. The van der Waals surface area contributed by atoms with Gasteiger partial charge in [0.1, 0.15) is 0 Å². The van der Waals surface area contributed by atoms with Gasteiger partial charge in [0.15, 0.2) is 0 Å². The fraction of sp³-hybridized carbons (Fsp3) is 0. The Kier molecular flexibility index (Phi) is 7.45. The van der Waals surface area contributed by atoms with Gasteiger partial charge in [0.05, 0.1) is 0 Å². The average molecular weight is 795 g/mol. The monoisotopic (exact) mass is 794 g/mol. The van der Waals surface area contributed by atoms with Crippen LogP contribution in [0.1, 0.15) is 0 Å². The molecule has 0 radical (unpaired) electrons. The van der Waals surface area contributed by atoms with E-state index in [0.717, 1.165) is 0 Å². The molecule has 0 aliphatic rings. The number of thiophene rings is 2. The van der Waals surface area contributed by atoms with Crippen molar-refractivity contribution in [2.75, 3.05) is 0 Å². The van der Waals surface area contributed by atoms with Gasteiger partial charge >= 0.3 is 0 Å². The van der Waals surface area contributed by atoms with Crippen molar-refractivity contribution in [2.24, 2.45) is 0 Å². The SMILES string of the molecule is c1ccc(-c2cccc(-c3c4ccccc4c(-c4ccc(-c5cc6sc7cc8sc9ccccc9c8cc7c6c6ccccc56)c5ccccc45)c4ccccc34)c2)cc1. The van der Waals surface area contributed by atoms with Gasteiger partial charge in [-0.25, -0.2) is 0 Å². The zero-order valence-corrected chi connectivity index (χ0v) is 34.1. The Morgan fingerprint density at radius 2 is 0.717 bits per heavy atom. The third kappa shape index (κ3) is 5.02. The van der Waals surface area contributed by atoms with Gasteiger partial charge in [0.2, 0.25) is 0 Å². The van der Waals surface area contributed by atoms with E-state index in [1.807, 2.05) is 22.7 Å². The first-order chi connectivity index (χ1) is 29.8. The molecule has 0 fully saturated rings. The molecular weight excluding hydrogens is 761 g/mol. The Balaban J connectivity index is 1.05. The molecule has 13 rings (SSSR count). The number of rotatable bonds is 4. The predicted octanol–water partition coefficient (Wildman–Crippen LogP) is 17.7. The fourth-order valence-corrected chi connectivity index (χ4v) is 12.4.